The number of para-hydroxylation sites is 1. The quantitative estimate of drug-likeness (QED) is 0.324. The highest BCUT2D eigenvalue weighted by Gasteiger charge is 2.25. The number of aromatic amines is 1. The highest BCUT2D eigenvalue weighted by atomic mass is 16.5. The van der Waals surface area contributed by atoms with Crippen molar-refractivity contribution >= 4 is 11.8 Å². The summed E-state index contributed by atoms with van der Waals surface area (Å²) in [5.41, 5.74) is 4.08. The number of rotatable bonds is 5. The molecule has 4 aromatic rings. The third-order valence-corrected chi connectivity index (χ3v) is 7.43. The molecule has 1 aliphatic rings. The van der Waals surface area contributed by atoms with Gasteiger partial charge in [-0.05, 0) is 24.6 Å². The molecule has 2 bridgehead atoms. The van der Waals surface area contributed by atoms with Gasteiger partial charge in [-0.15, -0.1) is 5.10 Å². The molecule has 5 rings (SSSR count). The summed E-state index contributed by atoms with van der Waals surface area (Å²) in [4.78, 5) is 37.0. The molecular formula is C31H38N8O4. The van der Waals surface area contributed by atoms with Gasteiger partial charge >= 0.3 is 0 Å². The smallest absolute Gasteiger partial charge is 0.255 e. The molecule has 3 N–H and O–H groups in total. The SMILES string of the molecule is COc1cccc2c1OCCCn1cc(nn1)CCN(Cc1nc[nH]c1C)CCNC(=O)[C@H](Cc1ccccc1)NC2=O. The van der Waals surface area contributed by atoms with Crippen molar-refractivity contribution in [3.05, 3.63) is 89.3 Å². The first-order valence-corrected chi connectivity index (χ1v) is 14.5. The number of methoxy groups -OCH3 is 1. The predicted molar refractivity (Wildman–Crippen MR) is 160 cm³/mol. The number of imidazole rings is 1. The molecule has 0 radical (unpaired) electrons. The van der Waals surface area contributed by atoms with Crippen LogP contribution in [0.15, 0.2) is 61.1 Å². The van der Waals surface area contributed by atoms with Crippen molar-refractivity contribution in [1.29, 1.82) is 0 Å². The van der Waals surface area contributed by atoms with Crippen LogP contribution in [0.5, 0.6) is 11.5 Å². The van der Waals surface area contributed by atoms with Crippen molar-refractivity contribution < 1.29 is 19.1 Å². The summed E-state index contributed by atoms with van der Waals surface area (Å²) in [7, 11) is 1.53. The summed E-state index contributed by atoms with van der Waals surface area (Å²) < 4.78 is 13.4. The Morgan fingerprint density at radius 2 is 1.93 bits per heavy atom. The Morgan fingerprint density at radius 1 is 1.07 bits per heavy atom. The highest BCUT2D eigenvalue weighted by molar-refractivity contribution is 6.00. The van der Waals surface area contributed by atoms with Crippen molar-refractivity contribution in [3.8, 4) is 11.5 Å². The van der Waals surface area contributed by atoms with Crippen molar-refractivity contribution in [2.24, 2.45) is 0 Å². The monoisotopic (exact) mass is 586 g/mol. The van der Waals surface area contributed by atoms with Crippen LogP contribution in [0.4, 0.5) is 0 Å². The standard InChI is InChI=1S/C31H38N8O4/c1-22-27(34-21-33-22)20-38-15-12-24-19-39(37-36-24)14-7-17-43-29-25(10-6-11-28(29)42-2)30(40)35-26(31(41)32-13-16-38)18-23-8-4-3-5-9-23/h3-6,8-11,19,21,26H,7,12-18,20H2,1-2H3,(H,32,41)(H,33,34)(H,35,40)/t26-/m0/s1. The number of amides is 2. The van der Waals surface area contributed by atoms with Gasteiger partial charge in [-0.2, -0.15) is 0 Å². The van der Waals surface area contributed by atoms with Gasteiger partial charge in [-0.25, -0.2) is 4.98 Å². The Labute approximate surface area is 250 Å². The van der Waals surface area contributed by atoms with Crippen LogP contribution < -0.4 is 20.1 Å². The molecule has 12 heteroatoms. The molecule has 2 aromatic heterocycles. The van der Waals surface area contributed by atoms with E-state index in [0.717, 1.165) is 22.6 Å². The number of nitrogens with one attached hydrogen (secondary N) is 3. The minimum Gasteiger partial charge on any atom is -0.493 e. The normalized spacial score (nSPS) is 17.4. The predicted octanol–water partition coefficient (Wildman–Crippen LogP) is 2.30. The average molecular weight is 587 g/mol. The second kappa shape index (κ2) is 14.5. The van der Waals surface area contributed by atoms with E-state index in [2.05, 4.69) is 35.8 Å². The number of ether oxygens (including phenoxy) is 2. The fraction of sp³-hybridized carbons (Fsp3) is 0.387. The number of fused-ring (bicyclic) bond motifs is 3. The van der Waals surface area contributed by atoms with Crippen LogP contribution in [-0.4, -0.2) is 81.1 Å². The van der Waals surface area contributed by atoms with Gasteiger partial charge in [-0.3, -0.25) is 19.2 Å². The summed E-state index contributed by atoms with van der Waals surface area (Å²) in [6, 6.07) is 14.0. The molecule has 0 spiro atoms. The maximum atomic E-state index is 13.6. The van der Waals surface area contributed by atoms with Gasteiger partial charge in [-0.1, -0.05) is 41.6 Å². The number of nitrogens with zero attached hydrogens (tertiary/aromatic N) is 5. The number of carbonyl (C=O) groups is 2. The molecule has 226 valence electrons. The second-order valence-electron chi connectivity index (χ2n) is 10.5. The third-order valence-electron chi connectivity index (χ3n) is 7.43. The van der Waals surface area contributed by atoms with Crippen molar-refractivity contribution in [1.82, 2.24) is 40.5 Å². The lowest BCUT2D eigenvalue weighted by atomic mass is 10.0. The van der Waals surface area contributed by atoms with E-state index in [0.29, 0.717) is 75.7 Å². The summed E-state index contributed by atoms with van der Waals surface area (Å²) in [5, 5.41) is 14.6. The van der Waals surface area contributed by atoms with Crippen molar-refractivity contribution in [3.63, 3.8) is 0 Å². The molecule has 0 unspecified atom stereocenters. The van der Waals surface area contributed by atoms with Gasteiger partial charge in [0.05, 0.1) is 37.0 Å². The molecular weight excluding hydrogens is 548 g/mol. The highest BCUT2D eigenvalue weighted by Crippen LogP contribution is 2.31. The van der Waals surface area contributed by atoms with Crippen LogP contribution >= 0.6 is 0 Å². The van der Waals surface area contributed by atoms with Crippen LogP contribution in [0.3, 0.4) is 0 Å². The molecule has 43 heavy (non-hydrogen) atoms. The zero-order chi connectivity index (χ0) is 30.0. The lowest BCUT2D eigenvalue weighted by Crippen LogP contribution is -2.49. The molecule has 0 saturated heterocycles. The van der Waals surface area contributed by atoms with Crippen LogP contribution in [0.2, 0.25) is 0 Å². The molecule has 1 atom stereocenters. The first kappa shape index (κ1) is 29.8. The molecule has 0 fully saturated rings. The molecule has 0 saturated carbocycles. The van der Waals surface area contributed by atoms with E-state index in [1.807, 2.05) is 43.5 Å². The Bertz CT molecular complexity index is 1500. The molecule has 0 aliphatic carbocycles. The number of carbonyl (C=O) groups excluding carboxylic acids is 2. The topological polar surface area (TPSA) is 139 Å². The molecule has 3 heterocycles. The van der Waals surface area contributed by atoms with Crippen molar-refractivity contribution in [2.75, 3.05) is 33.4 Å². The number of aromatic nitrogens is 5. The fourth-order valence-corrected chi connectivity index (χ4v) is 5.02. The van der Waals surface area contributed by atoms with Gasteiger partial charge < -0.3 is 25.1 Å². The second-order valence-corrected chi connectivity index (χ2v) is 10.5. The minimum absolute atomic E-state index is 0.265. The Balaban J connectivity index is 1.40. The zero-order valence-electron chi connectivity index (χ0n) is 24.6. The van der Waals surface area contributed by atoms with Crippen molar-refractivity contribution in [2.45, 2.75) is 45.3 Å². The van der Waals surface area contributed by atoms with E-state index in [-0.39, 0.29) is 5.91 Å². The van der Waals surface area contributed by atoms with Crippen LogP contribution in [0.25, 0.3) is 0 Å². The zero-order valence-corrected chi connectivity index (χ0v) is 24.6. The van der Waals surface area contributed by atoms with Gasteiger partial charge in [0.1, 0.15) is 6.04 Å². The van der Waals surface area contributed by atoms with E-state index in [1.165, 1.54) is 7.11 Å². The van der Waals surface area contributed by atoms with Crippen LogP contribution in [0.1, 0.15) is 39.4 Å². The molecule has 2 aromatic carbocycles. The minimum atomic E-state index is -0.799. The van der Waals surface area contributed by atoms with Gasteiger partial charge in [0.2, 0.25) is 5.91 Å². The fourth-order valence-electron chi connectivity index (χ4n) is 5.02. The Morgan fingerprint density at radius 3 is 2.72 bits per heavy atom. The van der Waals surface area contributed by atoms with Crippen LogP contribution in [-0.2, 0) is 30.7 Å². The van der Waals surface area contributed by atoms with E-state index in [9.17, 15) is 9.59 Å². The average Bonchev–Trinajstić information content (AvgIpc) is 3.65. The summed E-state index contributed by atoms with van der Waals surface area (Å²) in [5.74, 6) is 0.0968. The largest absolute Gasteiger partial charge is 0.493 e. The number of hydrogen-bond donors (Lipinski definition) is 3. The Kier molecular flexibility index (Phi) is 10.0. The number of aryl methyl sites for hydroxylation is 2. The summed E-state index contributed by atoms with van der Waals surface area (Å²) >= 11 is 0. The van der Waals surface area contributed by atoms with Crippen LogP contribution in [0, 0.1) is 6.92 Å². The molecule has 2 amide bonds. The lowest BCUT2D eigenvalue weighted by molar-refractivity contribution is -0.123. The molecule has 1 aliphatic heterocycles. The Hall–Kier alpha value is -4.71. The lowest BCUT2D eigenvalue weighted by Gasteiger charge is -2.23. The van der Waals surface area contributed by atoms with Gasteiger partial charge in [0.15, 0.2) is 11.5 Å². The van der Waals surface area contributed by atoms with Gasteiger partial charge in [0.25, 0.3) is 5.91 Å². The third kappa shape index (κ3) is 7.98. The summed E-state index contributed by atoms with van der Waals surface area (Å²) in [6.07, 6.45) is 5.32. The van der Waals surface area contributed by atoms with Gasteiger partial charge in [0, 0.05) is 63.9 Å². The number of hydrogen-bond acceptors (Lipinski definition) is 8. The number of H-pyrrole nitrogens is 1. The first-order chi connectivity index (χ1) is 21.0. The van der Waals surface area contributed by atoms with E-state index < -0.39 is 11.9 Å². The maximum absolute atomic E-state index is 13.6. The van der Waals surface area contributed by atoms with E-state index >= 15 is 0 Å². The summed E-state index contributed by atoms with van der Waals surface area (Å²) in [6.45, 7) is 5.26. The van der Waals surface area contributed by atoms with E-state index in [4.69, 9.17) is 9.47 Å². The number of benzene rings is 2. The first-order valence-electron chi connectivity index (χ1n) is 14.5. The maximum Gasteiger partial charge on any atom is 0.255 e. The molecule has 12 nitrogen and oxygen atoms in total. The van der Waals surface area contributed by atoms with E-state index in [1.54, 1.807) is 29.2 Å².